The van der Waals surface area contributed by atoms with Crippen molar-refractivity contribution in [2.24, 2.45) is 0 Å². The van der Waals surface area contributed by atoms with Crippen LogP contribution < -0.4 is 30.6 Å². The first-order valence-corrected chi connectivity index (χ1v) is 13.2. The Morgan fingerprint density at radius 1 is 0.682 bits per heavy atom. The van der Waals surface area contributed by atoms with Crippen molar-refractivity contribution in [1.29, 1.82) is 0 Å². The van der Waals surface area contributed by atoms with Crippen molar-refractivity contribution >= 4 is 46.7 Å². The van der Waals surface area contributed by atoms with Crippen molar-refractivity contribution in [3.05, 3.63) is 23.7 Å². The van der Waals surface area contributed by atoms with E-state index in [1.54, 1.807) is 27.7 Å². The molecule has 0 aliphatic rings. The van der Waals surface area contributed by atoms with Crippen molar-refractivity contribution < 1.29 is 59.2 Å². The summed E-state index contributed by atoms with van der Waals surface area (Å²) in [7, 11) is 10.6. The molecule has 0 fully saturated rings. The predicted octanol–water partition coefficient (Wildman–Crippen LogP) is -4.55. The topological polar surface area (TPSA) is 216 Å². The molecule has 0 saturated heterocycles. The van der Waals surface area contributed by atoms with Gasteiger partial charge in [-0.15, -0.1) is 36.9 Å². The van der Waals surface area contributed by atoms with Gasteiger partial charge >= 0.3 is 46.7 Å². The Bertz CT molecular complexity index is 543. The van der Waals surface area contributed by atoms with E-state index < -0.39 is 24.1 Å². The van der Waals surface area contributed by atoms with Gasteiger partial charge in [0.05, 0.1) is 13.2 Å². The molecule has 2 atom stereocenters. The fourth-order valence-corrected chi connectivity index (χ4v) is 1.53. The summed E-state index contributed by atoms with van der Waals surface area (Å²) in [5.41, 5.74) is 0. The van der Waals surface area contributed by atoms with Crippen molar-refractivity contribution in [3.8, 4) is 0 Å². The molecule has 0 aromatic heterocycles. The molecule has 0 saturated carbocycles. The zero-order valence-corrected chi connectivity index (χ0v) is 31.2. The molecule has 0 rings (SSSR count). The standard InChI is InChI=1S/2C6H10O3.2C4H10NO.2C4H9O2.2Al/c2*1-3-9-6(8)4-5(2)7;2*1-5(2)3-4-6;2*1-4(5)3-6-2;;/h2*4,7H,3H2,1-2H3;2*3-4H2,1-2H3;2*4H,3H2,1-2H3;;/q;;4*-1;2*+3/p-2. The molecule has 0 N–H and O–H groups in total. The fraction of sp³-hybridized carbons (Fsp3) is 0.786. The van der Waals surface area contributed by atoms with Crippen LogP contribution in [-0.2, 0) is 28.5 Å². The van der Waals surface area contributed by atoms with Gasteiger partial charge in [-0.2, -0.15) is 0 Å². The number of carbonyl (C=O) groups excluding carboxylic acids is 2. The molecular weight excluding hydrogens is 610 g/mol. The van der Waals surface area contributed by atoms with Crippen molar-refractivity contribution in [3.63, 3.8) is 0 Å². The molecule has 0 radical (unpaired) electrons. The van der Waals surface area contributed by atoms with Gasteiger partial charge in [0.15, 0.2) is 0 Å². The zero-order valence-electron chi connectivity index (χ0n) is 28.9. The van der Waals surface area contributed by atoms with Crippen molar-refractivity contribution in [2.75, 3.05) is 95.1 Å². The first-order chi connectivity index (χ1) is 19.4. The second-order valence-corrected chi connectivity index (χ2v) is 8.56. The van der Waals surface area contributed by atoms with Crippen LogP contribution in [0.25, 0.3) is 0 Å². The fourth-order valence-electron chi connectivity index (χ4n) is 1.53. The Kier molecular flexibility index (Phi) is 72.0. The van der Waals surface area contributed by atoms with E-state index in [1.807, 2.05) is 38.0 Å². The number of carbonyl (C=O) groups is 2. The van der Waals surface area contributed by atoms with Crippen molar-refractivity contribution in [2.45, 2.75) is 53.8 Å². The van der Waals surface area contributed by atoms with E-state index in [0.717, 1.165) is 12.2 Å². The van der Waals surface area contributed by atoms with Gasteiger partial charge in [0.25, 0.3) is 0 Å². The first kappa shape index (κ1) is 61.7. The maximum Gasteiger partial charge on any atom is 3.00 e. The molecular formula is C28H56Al2N2O12. The molecule has 0 spiro atoms. The van der Waals surface area contributed by atoms with E-state index >= 15 is 0 Å². The number of esters is 2. The van der Waals surface area contributed by atoms with Crippen LogP contribution in [0.1, 0.15) is 41.5 Å². The molecule has 16 heteroatoms. The molecule has 0 bridgehead atoms. The third kappa shape index (κ3) is 105. The van der Waals surface area contributed by atoms with E-state index in [4.69, 9.17) is 0 Å². The van der Waals surface area contributed by atoms with Gasteiger partial charge in [-0.1, -0.05) is 27.7 Å². The van der Waals surface area contributed by atoms with E-state index in [9.17, 15) is 40.2 Å². The van der Waals surface area contributed by atoms with Gasteiger partial charge in [-0.05, 0) is 55.1 Å². The Morgan fingerprint density at radius 2 is 0.932 bits per heavy atom. The number of hydrogen-bond acceptors (Lipinski definition) is 14. The minimum absolute atomic E-state index is 0. The van der Waals surface area contributed by atoms with Crippen LogP contribution in [0, 0.1) is 0 Å². The van der Waals surface area contributed by atoms with Crippen LogP contribution in [-0.4, -0.2) is 164 Å². The van der Waals surface area contributed by atoms with Gasteiger partial charge < -0.3 is 59.4 Å². The van der Waals surface area contributed by atoms with Gasteiger partial charge in [-0.25, -0.2) is 9.59 Å². The number of methoxy groups -OCH3 is 2. The number of ether oxygens (including phenoxy) is 4. The number of hydrogen-bond donors (Lipinski definition) is 0. The van der Waals surface area contributed by atoms with E-state index in [2.05, 4.69) is 18.9 Å². The van der Waals surface area contributed by atoms with Gasteiger partial charge in [0.2, 0.25) is 0 Å². The maximum atomic E-state index is 10.4. The summed E-state index contributed by atoms with van der Waals surface area (Å²) in [4.78, 5) is 24.4. The summed E-state index contributed by atoms with van der Waals surface area (Å²) in [5, 5.41) is 59.7. The monoisotopic (exact) mass is 666 g/mol. The molecule has 0 aliphatic carbocycles. The predicted molar refractivity (Wildman–Crippen MR) is 162 cm³/mol. The quantitative estimate of drug-likeness (QED) is 0.0830. The molecule has 0 aromatic carbocycles. The molecule has 256 valence electrons. The van der Waals surface area contributed by atoms with Gasteiger partial charge in [-0.3, -0.25) is 0 Å². The largest absolute Gasteiger partial charge is 3.00 e. The normalized spacial score (nSPS) is 11.2. The summed E-state index contributed by atoms with van der Waals surface area (Å²) < 4.78 is 17.9. The summed E-state index contributed by atoms with van der Waals surface area (Å²) in [6.07, 6.45) is 0.692. The SMILES string of the molecule is CCOC(=O)C=C(C)[O-].CCOC(=O)C=C(C)[O-].CN(C)CC[O-].CN(C)CC[O-].COCC(C)[O-].COCC(C)[O-].[Al+3].[Al+3]. The van der Waals surface area contributed by atoms with Gasteiger partial charge in [0, 0.05) is 39.6 Å². The maximum absolute atomic E-state index is 10.4. The number of nitrogens with zero attached hydrogens (tertiary/aromatic N) is 2. The second-order valence-electron chi connectivity index (χ2n) is 8.56. The zero-order chi connectivity index (χ0) is 34.5. The minimum atomic E-state index is -0.574. The third-order valence-corrected chi connectivity index (χ3v) is 3.10. The summed E-state index contributed by atoms with van der Waals surface area (Å²) in [6, 6.07) is 0. The average Bonchev–Trinajstić information content (AvgIpc) is 2.80. The number of allylic oxidation sites excluding steroid dienone is 2. The Labute approximate surface area is 287 Å². The number of rotatable bonds is 12. The van der Waals surface area contributed by atoms with E-state index in [1.165, 1.54) is 28.1 Å². The van der Waals surface area contributed by atoms with Crippen LogP contribution >= 0.6 is 0 Å². The molecule has 0 aromatic rings. The van der Waals surface area contributed by atoms with E-state index in [-0.39, 0.29) is 59.5 Å². The molecule has 2 unspecified atom stereocenters. The Hall–Kier alpha value is -1.24. The molecule has 0 heterocycles. The van der Waals surface area contributed by atoms with Crippen molar-refractivity contribution in [1.82, 2.24) is 9.80 Å². The van der Waals surface area contributed by atoms with E-state index in [0.29, 0.717) is 39.5 Å². The smallest absolute Gasteiger partial charge is 0.875 e. The Balaban J connectivity index is -0.0000000590. The Morgan fingerprint density at radius 3 is 1.00 bits per heavy atom. The average molecular weight is 667 g/mol. The van der Waals surface area contributed by atoms with Crippen LogP contribution in [0.2, 0.25) is 0 Å². The third-order valence-electron chi connectivity index (χ3n) is 3.10. The second kappa shape index (κ2) is 51.3. The number of likely N-dealkylation sites (N-methyl/N-ethyl adjacent to an activating group) is 2. The molecule has 14 nitrogen and oxygen atoms in total. The van der Waals surface area contributed by atoms with Crippen LogP contribution in [0.3, 0.4) is 0 Å². The molecule has 0 aliphatic heterocycles. The first-order valence-electron chi connectivity index (χ1n) is 13.2. The van der Waals surface area contributed by atoms with Crippen LogP contribution in [0.4, 0.5) is 0 Å². The van der Waals surface area contributed by atoms with Gasteiger partial charge in [0.1, 0.15) is 0 Å². The summed E-state index contributed by atoms with van der Waals surface area (Å²) >= 11 is 0. The van der Waals surface area contributed by atoms with Crippen LogP contribution in [0.15, 0.2) is 23.7 Å². The molecule has 44 heavy (non-hydrogen) atoms. The molecule has 0 amide bonds. The summed E-state index contributed by atoms with van der Waals surface area (Å²) in [5.74, 6) is -1.70. The van der Waals surface area contributed by atoms with Crippen LogP contribution in [0.5, 0.6) is 0 Å². The minimum Gasteiger partial charge on any atom is -0.875 e. The summed E-state index contributed by atoms with van der Waals surface area (Å²) in [6.45, 7) is 11.7.